The fourth-order valence-electron chi connectivity index (χ4n) is 2.84. The first-order valence-electron chi connectivity index (χ1n) is 7.63. The van der Waals surface area contributed by atoms with Gasteiger partial charge in [-0.15, -0.1) is 0 Å². The molecule has 5 nitrogen and oxygen atoms in total. The van der Waals surface area contributed by atoms with Crippen LogP contribution in [-0.2, 0) is 0 Å². The van der Waals surface area contributed by atoms with E-state index in [9.17, 15) is 0 Å². The minimum Gasteiger partial charge on any atom is -0.497 e. The molecule has 1 aliphatic rings. The molecule has 0 unspecified atom stereocenters. The third kappa shape index (κ3) is 2.97. The monoisotopic (exact) mass is 372 g/mol. The van der Waals surface area contributed by atoms with Crippen LogP contribution < -0.4 is 10.1 Å². The van der Waals surface area contributed by atoms with Crippen molar-refractivity contribution in [3.8, 4) is 5.75 Å². The lowest BCUT2D eigenvalue weighted by molar-refractivity contribution is 0.415. The fraction of sp³-hybridized carbons (Fsp3) is 0.111. The van der Waals surface area contributed by atoms with E-state index in [1.54, 1.807) is 17.9 Å². The predicted molar refractivity (Wildman–Crippen MR) is 99.2 cm³/mol. The van der Waals surface area contributed by atoms with Crippen molar-refractivity contribution >= 4 is 34.8 Å². The van der Waals surface area contributed by atoms with Crippen LogP contribution >= 0.6 is 23.2 Å². The van der Waals surface area contributed by atoms with Crippen molar-refractivity contribution in [3.05, 3.63) is 76.0 Å². The van der Waals surface area contributed by atoms with Gasteiger partial charge in [0.05, 0.1) is 7.11 Å². The van der Waals surface area contributed by atoms with Crippen molar-refractivity contribution in [1.82, 2.24) is 14.8 Å². The van der Waals surface area contributed by atoms with Gasteiger partial charge < -0.3 is 10.1 Å². The third-order valence-corrected chi connectivity index (χ3v) is 4.65. The second-order valence-corrected chi connectivity index (χ2v) is 6.42. The Morgan fingerprint density at radius 1 is 1.12 bits per heavy atom. The van der Waals surface area contributed by atoms with Crippen LogP contribution in [0, 0.1) is 0 Å². The van der Waals surface area contributed by atoms with Crippen LogP contribution in [0.25, 0.3) is 5.70 Å². The van der Waals surface area contributed by atoms with Gasteiger partial charge in [-0.3, -0.25) is 0 Å². The van der Waals surface area contributed by atoms with Gasteiger partial charge in [-0.25, -0.2) is 4.68 Å². The zero-order valence-corrected chi connectivity index (χ0v) is 14.8. The molecule has 0 aliphatic carbocycles. The Kier molecular flexibility index (Phi) is 4.11. The van der Waals surface area contributed by atoms with Gasteiger partial charge in [0.1, 0.15) is 18.1 Å². The van der Waals surface area contributed by atoms with Gasteiger partial charge in [-0.2, -0.15) is 10.1 Å². The molecule has 1 atom stereocenters. The van der Waals surface area contributed by atoms with Crippen molar-refractivity contribution in [2.45, 2.75) is 6.04 Å². The van der Waals surface area contributed by atoms with Gasteiger partial charge in [-0.05, 0) is 53.6 Å². The number of ether oxygens (including phenoxy) is 1. The van der Waals surface area contributed by atoms with Crippen molar-refractivity contribution in [1.29, 1.82) is 0 Å². The van der Waals surface area contributed by atoms with Gasteiger partial charge in [-0.1, -0.05) is 29.3 Å². The molecule has 0 saturated heterocycles. The van der Waals surface area contributed by atoms with E-state index in [0.717, 1.165) is 22.6 Å². The van der Waals surface area contributed by atoms with Gasteiger partial charge in [0.2, 0.25) is 5.95 Å². The van der Waals surface area contributed by atoms with Crippen LogP contribution in [0.2, 0.25) is 10.0 Å². The molecule has 1 aliphatic heterocycles. The lowest BCUT2D eigenvalue weighted by Crippen LogP contribution is -2.20. The summed E-state index contributed by atoms with van der Waals surface area (Å²) in [5, 5.41) is 8.81. The molecule has 0 radical (unpaired) electrons. The third-order valence-electron chi connectivity index (χ3n) is 4.09. The van der Waals surface area contributed by atoms with Crippen LogP contribution in [0.15, 0.2) is 54.9 Å². The first-order valence-corrected chi connectivity index (χ1v) is 8.39. The summed E-state index contributed by atoms with van der Waals surface area (Å²) in [5.41, 5.74) is 2.86. The molecular weight excluding hydrogens is 359 g/mol. The molecule has 0 saturated carbocycles. The summed E-state index contributed by atoms with van der Waals surface area (Å²) < 4.78 is 7.02. The highest BCUT2D eigenvalue weighted by Crippen LogP contribution is 2.36. The predicted octanol–water partition coefficient (Wildman–Crippen LogP) is 4.65. The number of hydrogen-bond acceptors (Lipinski definition) is 4. The largest absolute Gasteiger partial charge is 0.497 e. The number of hydrogen-bond donors (Lipinski definition) is 1. The number of nitrogens with zero attached hydrogens (tertiary/aromatic N) is 3. The zero-order valence-electron chi connectivity index (χ0n) is 13.3. The molecule has 0 fully saturated rings. The molecule has 7 heteroatoms. The maximum absolute atomic E-state index is 6.42. The number of benzene rings is 2. The molecule has 1 N–H and O–H groups in total. The number of nitrogens with one attached hydrogen (secondary N) is 1. The molecule has 1 aromatic heterocycles. The Bertz CT molecular complexity index is 950. The second kappa shape index (κ2) is 6.43. The van der Waals surface area contributed by atoms with Crippen LogP contribution in [0.5, 0.6) is 5.75 Å². The highest BCUT2D eigenvalue weighted by atomic mass is 35.5. The number of halogens is 2. The zero-order chi connectivity index (χ0) is 17.4. The molecule has 0 amide bonds. The number of anilines is 1. The molecule has 0 spiro atoms. The molecule has 2 heterocycles. The summed E-state index contributed by atoms with van der Waals surface area (Å²) in [7, 11) is 1.65. The van der Waals surface area contributed by atoms with E-state index in [1.165, 1.54) is 6.33 Å². The van der Waals surface area contributed by atoms with Crippen LogP contribution in [0.4, 0.5) is 5.95 Å². The number of aromatic nitrogens is 3. The van der Waals surface area contributed by atoms with Crippen LogP contribution in [0.3, 0.4) is 0 Å². The average molecular weight is 373 g/mol. The lowest BCUT2D eigenvalue weighted by Gasteiger charge is -2.25. The Morgan fingerprint density at radius 2 is 1.92 bits per heavy atom. The molecule has 3 aromatic rings. The summed E-state index contributed by atoms with van der Waals surface area (Å²) in [5.74, 6) is 1.46. The number of methoxy groups -OCH3 is 1. The Morgan fingerprint density at radius 3 is 2.64 bits per heavy atom. The average Bonchev–Trinajstić information content (AvgIpc) is 3.10. The molecular formula is C18H14Cl2N4O. The van der Waals surface area contributed by atoms with E-state index < -0.39 is 0 Å². The molecule has 126 valence electrons. The van der Waals surface area contributed by atoms with Gasteiger partial charge in [0.15, 0.2) is 0 Å². The molecule has 25 heavy (non-hydrogen) atoms. The van der Waals surface area contributed by atoms with E-state index in [-0.39, 0.29) is 6.04 Å². The molecule has 4 rings (SSSR count). The second-order valence-electron chi connectivity index (χ2n) is 5.57. The summed E-state index contributed by atoms with van der Waals surface area (Å²) in [6.07, 6.45) is 3.59. The van der Waals surface area contributed by atoms with Gasteiger partial charge in [0, 0.05) is 15.7 Å². The Balaban J connectivity index is 1.80. The number of rotatable bonds is 3. The quantitative estimate of drug-likeness (QED) is 0.726. The maximum Gasteiger partial charge on any atom is 0.226 e. The summed E-state index contributed by atoms with van der Waals surface area (Å²) >= 11 is 12.4. The van der Waals surface area contributed by atoms with E-state index in [2.05, 4.69) is 21.5 Å². The highest BCUT2D eigenvalue weighted by molar-refractivity contribution is 6.35. The summed E-state index contributed by atoms with van der Waals surface area (Å²) in [6.45, 7) is 0. The van der Waals surface area contributed by atoms with Gasteiger partial charge >= 0.3 is 0 Å². The van der Waals surface area contributed by atoms with Crippen molar-refractivity contribution in [2.24, 2.45) is 0 Å². The summed E-state index contributed by atoms with van der Waals surface area (Å²) in [4.78, 5) is 4.30. The standard InChI is InChI=1S/C18H14Cl2N4O/c1-25-13-5-2-11(3-6-13)16-9-17(24-18(23-16)21-10-22-24)14-7-4-12(19)8-15(14)20/h2-10,17H,1H3,(H,21,22,23)/t17-/m0/s1. The SMILES string of the molecule is COc1ccc(C2=C[C@@H](c3ccc(Cl)cc3Cl)n3ncnc3N2)cc1. The van der Waals surface area contributed by atoms with E-state index in [1.807, 2.05) is 36.4 Å². The van der Waals surface area contributed by atoms with Crippen molar-refractivity contribution in [3.63, 3.8) is 0 Å². The normalized spacial score (nSPS) is 16.0. The topological polar surface area (TPSA) is 52.0 Å². The van der Waals surface area contributed by atoms with E-state index in [0.29, 0.717) is 16.0 Å². The van der Waals surface area contributed by atoms with Crippen LogP contribution in [-0.4, -0.2) is 21.9 Å². The Labute approximate surface area is 154 Å². The summed E-state index contributed by atoms with van der Waals surface area (Å²) in [6, 6.07) is 13.1. The van der Waals surface area contributed by atoms with E-state index >= 15 is 0 Å². The first-order chi connectivity index (χ1) is 12.2. The number of allylic oxidation sites excluding steroid dienone is 1. The molecule has 0 bridgehead atoms. The minimum absolute atomic E-state index is 0.180. The fourth-order valence-corrected chi connectivity index (χ4v) is 3.36. The van der Waals surface area contributed by atoms with E-state index in [4.69, 9.17) is 27.9 Å². The van der Waals surface area contributed by atoms with Crippen molar-refractivity contribution < 1.29 is 4.74 Å². The van der Waals surface area contributed by atoms with Crippen LogP contribution in [0.1, 0.15) is 17.2 Å². The molecule has 2 aromatic carbocycles. The highest BCUT2D eigenvalue weighted by Gasteiger charge is 2.25. The number of fused-ring (bicyclic) bond motifs is 1. The minimum atomic E-state index is -0.180. The van der Waals surface area contributed by atoms with Gasteiger partial charge in [0.25, 0.3) is 0 Å². The first kappa shape index (κ1) is 16.0. The Hall–Kier alpha value is -2.50. The maximum atomic E-state index is 6.42. The van der Waals surface area contributed by atoms with Crippen molar-refractivity contribution in [2.75, 3.05) is 12.4 Å². The smallest absolute Gasteiger partial charge is 0.226 e. The lowest BCUT2D eigenvalue weighted by atomic mass is 10.0.